The van der Waals surface area contributed by atoms with Crippen LogP contribution in [0.1, 0.15) is 31.5 Å². The number of carbonyl (C=O) groups excluding carboxylic acids is 1. The predicted molar refractivity (Wildman–Crippen MR) is 112 cm³/mol. The standard InChI is InChI=1S/C16H24F3N5O2S.HI/c1-15(2,3)26-14(25)24-8-6-23(7-9-24)13(20)21-5-4-12-22-11(10-27-12)16(17,18)19;/h10H,4-9H2,1-3H3,(H2,20,21);1H. The van der Waals surface area contributed by atoms with Crippen molar-refractivity contribution in [2.24, 2.45) is 10.7 Å². The van der Waals surface area contributed by atoms with Crippen LogP contribution >= 0.6 is 35.3 Å². The van der Waals surface area contributed by atoms with Crippen molar-refractivity contribution in [1.29, 1.82) is 0 Å². The Kier molecular flexibility index (Phi) is 8.78. The lowest BCUT2D eigenvalue weighted by atomic mass is 10.2. The molecule has 1 aromatic heterocycles. The molecule has 1 fully saturated rings. The van der Waals surface area contributed by atoms with Gasteiger partial charge >= 0.3 is 12.3 Å². The molecule has 12 heteroatoms. The predicted octanol–water partition coefficient (Wildman–Crippen LogP) is 3.19. The third kappa shape index (κ3) is 7.60. The molecule has 0 bridgehead atoms. The lowest BCUT2D eigenvalue weighted by Crippen LogP contribution is -2.53. The monoisotopic (exact) mass is 535 g/mol. The number of rotatable bonds is 3. The number of aromatic nitrogens is 1. The second-order valence-corrected chi connectivity index (χ2v) is 8.01. The average molecular weight is 535 g/mol. The summed E-state index contributed by atoms with van der Waals surface area (Å²) in [5.41, 5.74) is 4.53. The van der Waals surface area contributed by atoms with E-state index in [9.17, 15) is 18.0 Å². The van der Waals surface area contributed by atoms with Crippen molar-refractivity contribution in [2.75, 3.05) is 32.7 Å². The van der Waals surface area contributed by atoms with E-state index in [1.165, 1.54) is 0 Å². The van der Waals surface area contributed by atoms with Gasteiger partial charge in [-0.3, -0.25) is 4.99 Å². The molecule has 1 aromatic rings. The van der Waals surface area contributed by atoms with Crippen LogP contribution in [0, 0.1) is 0 Å². The van der Waals surface area contributed by atoms with Crippen LogP contribution in [0.25, 0.3) is 0 Å². The number of ether oxygens (including phenoxy) is 1. The Labute approximate surface area is 183 Å². The van der Waals surface area contributed by atoms with E-state index in [-0.39, 0.29) is 36.6 Å². The first-order valence-corrected chi connectivity index (χ1v) is 9.38. The minimum Gasteiger partial charge on any atom is -0.444 e. The van der Waals surface area contributed by atoms with Gasteiger partial charge in [-0.1, -0.05) is 0 Å². The summed E-state index contributed by atoms with van der Waals surface area (Å²) < 4.78 is 42.9. The fourth-order valence-electron chi connectivity index (χ4n) is 2.37. The number of hydrogen-bond donors (Lipinski definition) is 1. The Bertz CT molecular complexity index is 683. The summed E-state index contributed by atoms with van der Waals surface area (Å²) in [7, 11) is 0. The van der Waals surface area contributed by atoms with Crippen LogP contribution in [-0.4, -0.2) is 65.2 Å². The zero-order chi connectivity index (χ0) is 20.2. The molecule has 1 saturated heterocycles. The van der Waals surface area contributed by atoms with Gasteiger partial charge in [0.15, 0.2) is 11.7 Å². The van der Waals surface area contributed by atoms with Gasteiger partial charge in [-0.2, -0.15) is 13.2 Å². The number of guanidine groups is 1. The van der Waals surface area contributed by atoms with E-state index in [2.05, 4.69) is 9.98 Å². The van der Waals surface area contributed by atoms with Gasteiger partial charge in [0.2, 0.25) is 0 Å². The number of alkyl halides is 3. The first kappa shape index (κ1) is 24.7. The van der Waals surface area contributed by atoms with Gasteiger partial charge in [-0.05, 0) is 20.8 Å². The Morgan fingerprint density at radius 1 is 1.25 bits per heavy atom. The molecule has 1 aliphatic heterocycles. The second kappa shape index (κ2) is 9.94. The maximum atomic E-state index is 12.5. The maximum absolute atomic E-state index is 12.5. The zero-order valence-corrected chi connectivity index (χ0v) is 19.1. The quantitative estimate of drug-likeness (QED) is 0.365. The molecular formula is C16H25F3IN5O2S. The van der Waals surface area contributed by atoms with Crippen molar-refractivity contribution < 1.29 is 22.7 Å². The molecule has 0 spiro atoms. The molecule has 7 nitrogen and oxygen atoms in total. The number of thiazole rings is 1. The van der Waals surface area contributed by atoms with E-state index in [0.717, 1.165) is 16.7 Å². The van der Waals surface area contributed by atoms with Crippen LogP contribution in [-0.2, 0) is 17.3 Å². The Hall–Kier alpha value is -1.31. The Morgan fingerprint density at radius 2 is 1.82 bits per heavy atom. The molecule has 2 heterocycles. The van der Waals surface area contributed by atoms with Gasteiger partial charge in [0, 0.05) is 44.5 Å². The summed E-state index contributed by atoms with van der Waals surface area (Å²) in [6, 6.07) is 0. The number of carbonyl (C=O) groups is 1. The fraction of sp³-hybridized carbons (Fsp3) is 0.688. The molecule has 2 rings (SSSR count). The van der Waals surface area contributed by atoms with Gasteiger partial charge in [0.1, 0.15) is 5.60 Å². The molecule has 160 valence electrons. The van der Waals surface area contributed by atoms with Gasteiger partial charge in [-0.25, -0.2) is 9.78 Å². The first-order valence-electron chi connectivity index (χ1n) is 8.50. The van der Waals surface area contributed by atoms with E-state index in [4.69, 9.17) is 10.5 Å². The van der Waals surface area contributed by atoms with E-state index in [1.807, 2.05) is 25.7 Å². The van der Waals surface area contributed by atoms with Crippen molar-refractivity contribution in [3.63, 3.8) is 0 Å². The molecule has 0 radical (unpaired) electrons. The largest absolute Gasteiger partial charge is 0.444 e. The number of nitrogens with zero attached hydrogens (tertiary/aromatic N) is 4. The topological polar surface area (TPSA) is 84.0 Å². The van der Waals surface area contributed by atoms with Crippen LogP contribution in [0.2, 0.25) is 0 Å². The summed E-state index contributed by atoms with van der Waals surface area (Å²) in [5, 5.41) is 1.37. The van der Waals surface area contributed by atoms with Crippen molar-refractivity contribution in [3.8, 4) is 0 Å². The molecule has 1 amide bonds. The molecule has 0 atom stereocenters. The molecule has 0 aromatic carbocycles. The van der Waals surface area contributed by atoms with E-state index >= 15 is 0 Å². The van der Waals surface area contributed by atoms with E-state index < -0.39 is 17.5 Å². The van der Waals surface area contributed by atoms with E-state index in [1.54, 1.807) is 4.90 Å². The van der Waals surface area contributed by atoms with E-state index in [0.29, 0.717) is 43.6 Å². The number of halogens is 4. The van der Waals surface area contributed by atoms with Gasteiger partial charge in [0.05, 0.1) is 5.01 Å². The molecule has 0 aliphatic carbocycles. The summed E-state index contributed by atoms with van der Waals surface area (Å²) in [6.07, 6.45) is -4.49. The highest BCUT2D eigenvalue weighted by molar-refractivity contribution is 14.0. The fourth-order valence-corrected chi connectivity index (χ4v) is 3.16. The van der Waals surface area contributed by atoms with Crippen molar-refractivity contribution >= 4 is 47.4 Å². The van der Waals surface area contributed by atoms with Gasteiger partial charge in [0.25, 0.3) is 0 Å². The number of amides is 1. The normalized spacial score (nSPS) is 16.0. The Balaban J connectivity index is 0.00000392. The number of aliphatic imine (C=N–C) groups is 1. The third-order valence-electron chi connectivity index (χ3n) is 3.70. The van der Waals surface area contributed by atoms with Crippen LogP contribution in [0.15, 0.2) is 10.4 Å². The minimum absolute atomic E-state index is 0. The SMILES string of the molecule is CC(C)(C)OC(=O)N1CCN(C(N)=NCCc2nc(C(F)(F)F)cs2)CC1.I. The summed E-state index contributed by atoms with van der Waals surface area (Å²) in [4.78, 5) is 23.3. The zero-order valence-electron chi connectivity index (χ0n) is 16.0. The molecule has 28 heavy (non-hydrogen) atoms. The van der Waals surface area contributed by atoms with Crippen LogP contribution in [0.5, 0.6) is 0 Å². The highest BCUT2D eigenvalue weighted by Crippen LogP contribution is 2.30. The summed E-state index contributed by atoms with van der Waals surface area (Å²) in [6.45, 7) is 7.65. The molecule has 2 N–H and O–H groups in total. The van der Waals surface area contributed by atoms with Crippen LogP contribution < -0.4 is 5.73 Å². The lowest BCUT2D eigenvalue weighted by molar-refractivity contribution is -0.140. The smallest absolute Gasteiger partial charge is 0.434 e. The maximum Gasteiger partial charge on any atom is 0.434 e. The number of nitrogens with two attached hydrogens (primary N) is 1. The van der Waals surface area contributed by atoms with Crippen LogP contribution in [0.3, 0.4) is 0 Å². The van der Waals surface area contributed by atoms with Gasteiger partial charge < -0.3 is 20.3 Å². The molecule has 0 unspecified atom stereocenters. The second-order valence-electron chi connectivity index (χ2n) is 7.07. The van der Waals surface area contributed by atoms with Crippen molar-refractivity contribution in [1.82, 2.24) is 14.8 Å². The highest BCUT2D eigenvalue weighted by Gasteiger charge is 2.33. The third-order valence-corrected chi connectivity index (χ3v) is 4.61. The molecule has 1 aliphatic rings. The summed E-state index contributed by atoms with van der Waals surface area (Å²) in [5.74, 6) is 0.312. The van der Waals surface area contributed by atoms with Gasteiger partial charge in [-0.15, -0.1) is 35.3 Å². The number of hydrogen-bond acceptors (Lipinski definition) is 5. The first-order chi connectivity index (χ1) is 12.5. The average Bonchev–Trinajstić information content (AvgIpc) is 3.02. The van der Waals surface area contributed by atoms with Crippen molar-refractivity contribution in [3.05, 3.63) is 16.1 Å². The van der Waals surface area contributed by atoms with Crippen LogP contribution in [0.4, 0.5) is 18.0 Å². The Morgan fingerprint density at radius 3 is 2.32 bits per heavy atom. The minimum atomic E-state index is -4.43. The molecule has 0 saturated carbocycles. The molecular weight excluding hydrogens is 510 g/mol. The van der Waals surface area contributed by atoms with Crippen molar-refractivity contribution in [2.45, 2.75) is 39.0 Å². The number of piperazine rings is 1. The lowest BCUT2D eigenvalue weighted by Gasteiger charge is -2.36. The highest BCUT2D eigenvalue weighted by atomic mass is 127. The summed E-state index contributed by atoms with van der Waals surface area (Å²) >= 11 is 0.959.